The Morgan fingerprint density at radius 3 is 2.72 bits per heavy atom. The Hall–Kier alpha value is -2.73. The number of thiophene rings is 1. The van der Waals surface area contributed by atoms with Crippen LogP contribution in [0.3, 0.4) is 0 Å². The lowest BCUT2D eigenvalue weighted by Gasteiger charge is -2.08. The van der Waals surface area contributed by atoms with Crippen molar-refractivity contribution in [1.29, 1.82) is 0 Å². The number of carboxylic acid groups (broad SMARTS) is 1. The van der Waals surface area contributed by atoms with Crippen LogP contribution in [-0.2, 0) is 6.42 Å². The van der Waals surface area contributed by atoms with E-state index < -0.39 is 5.97 Å². The number of aromatic carboxylic acids is 1. The third-order valence-corrected chi connectivity index (χ3v) is 4.83. The van der Waals surface area contributed by atoms with Gasteiger partial charge in [-0.2, -0.15) is 0 Å². The van der Waals surface area contributed by atoms with Gasteiger partial charge in [0, 0.05) is 21.5 Å². The van der Waals surface area contributed by atoms with Crippen LogP contribution in [0.1, 0.15) is 44.7 Å². The van der Waals surface area contributed by atoms with Gasteiger partial charge in [0.05, 0.1) is 11.3 Å². The fraction of sp³-hybridized carbons (Fsp3) is 0.211. The summed E-state index contributed by atoms with van der Waals surface area (Å²) in [4.78, 5) is 30.9. The summed E-state index contributed by atoms with van der Waals surface area (Å²) >= 11 is 1.68. The van der Waals surface area contributed by atoms with Crippen LogP contribution < -0.4 is 5.56 Å². The van der Waals surface area contributed by atoms with Crippen molar-refractivity contribution in [3.05, 3.63) is 67.4 Å². The zero-order valence-corrected chi connectivity index (χ0v) is 14.8. The molecular formula is C19H18N2O3S. The molecule has 0 saturated carbocycles. The minimum absolute atomic E-state index is 0.0659. The number of carboxylic acids is 1. The molecule has 0 aliphatic carbocycles. The van der Waals surface area contributed by atoms with E-state index in [1.54, 1.807) is 17.4 Å². The normalized spacial score (nSPS) is 11.4. The molecule has 0 fully saturated rings. The molecule has 0 aliphatic heterocycles. The minimum atomic E-state index is -1.07. The summed E-state index contributed by atoms with van der Waals surface area (Å²) in [5, 5.41) is 9.13. The van der Waals surface area contributed by atoms with Crippen molar-refractivity contribution >= 4 is 35.1 Å². The molecular weight excluding hydrogens is 336 g/mol. The van der Waals surface area contributed by atoms with E-state index in [9.17, 15) is 9.59 Å². The fourth-order valence-electron chi connectivity index (χ4n) is 2.65. The molecule has 5 nitrogen and oxygen atoms in total. The topological polar surface area (TPSA) is 71.7 Å². The number of carbonyl (C=O) groups is 1. The molecule has 1 N–H and O–H groups in total. The molecule has 25 heavy (non-hydrogen) atoms. The van der Waals surface area contributed by atoms with Gasteiger partial charge in [-0.3, -0.25) is 9.20 Å². The number of aromatic nitrogens is 2. The highest BCUT2D eigenvalue weighted by Gasteiger charge is 2.12. The Morgan fingerprint density at radius 2 is 2.08 bits per heavy atom. The van der Waals surface area contributed by atoms with E-state index in [1.165, 1.54) is 21.5 Å². The monoisotopic (exact) mass is 354 g/mol. The van der Waals surface area contributed by atoms with Gasteiger partial charge in [0.2, 0.25) is 0 Å². The van der Waals surface area contributed by atoms with Crippen LogP contribution in [-0.4, -0.2) is 20.5 Å². The number of nitrogens with zero attached hydrogens (tertiary/aromatic N) is 2. The fourth-order valence-corrected chi connectivity index (χ4v) is 3.43. The van der Waals surface area contributed by atoms with Crippen LogP contribution in [0.2, 0.25) is 0 Å². The molecule has 3 aromatic rings. The number of hydrogen-bond donors (Lipinski definition) is 1. The quantitative estimate of drug-likeness (QED) is 0.754. The van der Waals surface area contributed by atoms with Crippen molar-refractivity contribution < 1.29 is 9.90 Å². The summed E-state index contributed by atoms with van der Waals surface area (Å²) in [6, 6.07) is 7.10. The molecule has 3 rings (SSSR count). The van der Waals surface area contributed by atoms with E-state index >= 15 is 0 Å². The van der Waals surface area contributed by atoms with E-state index in [1.807, 2.05) is 38.1 Å². The summed E-state index contributed by atoms with van der Waals surface area (Å²) < 4.78 is 1.32. The van der Waals surface area contributed by atoms with Gasteiger partial charge >= 0.3 is 5.97 Å². The summed E-state index contributed by atoms with van der Waals surface area (Å²) in [6.45, 7) is 4.04. The molecule has 0 aromatic carbocycles. The molecule has 0 unspecified atom stereocenters. The van der Waals surface area contributed by atoms with Gasteiger partial charge in [-0.1, -0.05) is 13.3 Å². The Bertz CT molecular complexity index is 1030. The molecule has 0 radical (unpaired) electrons. The zero-order chi connectivity index (χ0) is 18.0. The Kier molecular flexibility index (Phi) is 4.81. The van der Waals surface area contributed by atoms with Gasteiger partial charge < -0.3 is 5.11 Å². The smallest absolute Gasteiger partial charge is 0.337 e. The highest BCUT2D eigenvalue weighted by Crippen LogP contribution is 2.19. The summed E-state index contributed by atoms with van der Waals surface area (Å²) in [5.41, 5.74) is 1.54. The molecule has 0 saturated heterocycles. The molecule has 0 atom stereocenters. The van der Waals surface area contributed by atoms with Crippen LogP contribution in [0.5, 0.6) is 0 Å². The predicted octanol–water partition coefficient (Wildman–Crippen LogP) is 3.89. The van der Waals surface area contributed by atoms with E-state index in [0.29, 0.717) is 23.3 Å². The van der Waals surface area contributed by atoms with Crippen molar-refractivity contribution in [3.63, 3.8) is 0 Å². The van der Waals surface area contributed by atoms with Crippen LogP contribution >= 0.6 is 11.3 Å². The predicted molar refractivity (Wildman–Crippen MR) is 100 cm³/mol. The number of rotatable bonds is 5. The lowest BCUT2D eigenvalue weighted by molar-refractivity contribution is 0.0696. The third kappa shape index (κ3) is 3.53. The van der Waals surface area contributed by atoms with E-state index in [4.69, 9.17) is 5.11 Å². The second-order valence-corrected chi connectivity index (χ2v) is 7.08. The average molecular weight is 354 g/mol. The molecule has 0 spiro atoms. The molecule has 3 aromatic heterocycles. The Balaban J connectivity index is 2.15. The standard InChI is InChI=1S/C19H18N2O3S/c1-3-4-15-16(9-8-14-7-5-12(2)25-14)20-17-10-6-13(19(23)24)11-21(17)18(15)22/h5-11H,3-4H2,1-2H3,(H,23,24)/b9-8+. The second kappa shape index (κ2) is 7.03. The SMILES string of the molecule is CCCc1c(/C=C/c2ccc(C)s2)nc2ccc(C(=O)O)cn2c1=O. The van der Waals surface area contributed by atoms with Crippen molar-refractivity contribution in [2.75, 3.05) is 0 Å². The molecule has 128 valence electrons. The second-order valence-electron chi connectivity index (χ2n) is 5.76. The van der Waals surface area contributed by atoms with Crippen molar-refractivity contribution in [2.24, 2.45) is 0 Å². The van der Waals surface area contributed by atoms with E-state index in [0.717, 1.165) is 11.3 Å². The van der Waals surface area contributed by atoms with Crippen molar-refractivity contribution in [1.82, 2.24) is 9.38 Å². The first-order chi connectivity index (χ1) is 12.0. The highest BCUT2D eigenvalue weighted by atomic mass is 32.1. The number of aryl methyl sites for hydroxylation is 1. The lowest BCUT2D eigenvalue weighted by atomic mass is 10.1. The van der Waals surface area contributed by atoms with Gasteiger partial charge in [0.25, 0.3) is 5.56 Å². The first kappa shape index (κ1) is 17.1. The minimum Gasteiger partial charge on any atom is -0.478 e. The maximum absolute atomic E-state index is 12.8. The van der Waals surface area contributed by atoms with E-state index in [-0.39, 0.29) is 11.1 Å². The highest BCUT2D eigenvalue weighted by molar-refractivity contribution is 7.12. The molecule has 0 bridgehead atoms. The summed E-state index contributed by atoms with van der Waals surface area (Å²) in [5.74, 6) is -1.07. The molecule has 0 aliphatic rings. The molecule has 6 heteroatoms. The Labute approximate surface area is 148 Å². The van der Waals surface area contributed by atoms with Gasteiger partial charge in [-0.15, -0.1) is 11.3 Å². The number of hydrogen-bond acceptors (Lipinski definition) is 4. The van der Waals surface area contributed by atoms with Gasteiger partial charge in [0.15, 0.2) is 0 Å². The maximum Gasteiger partial charge on any atom is 0.337 e. The largest absolute Gasteiger partial charge is 0.478 e. The zero-order valence-electron chi connectivity index (χ0n) is 14.0. The van der Waals surface area contributed by atoms with Gasteiger partial charge in [0.1, 0.15) is 5.65 Å². The summed E-state index contributed by atoms with van der Waals surface area (Å²) in [6.07, 6.45) is 6.56. The van der Waals surface area contributed by atoms with Crippen LogP contribution in [0.4, 0.5) is 0 Å². The number of fused-ring (bicyclic) bond motifs is 1. The van der Waals surface area contributed by atoms with Crippen molar-refractivity contribution in [3.8, 4) is 0 Å². The molecule has 3 heterocycles. The number of pyridine rings is 1. The summed E-state index contributed by atoms with van der Waals surface area (Å²) in [7, 11) is 0. The van der Waals surface area contributed by atoms with Crippen LogP contribution in [0, 0.1) is 6.92 Å². The molecule has 0 amide bonds. The van der Waals surface area contributed by atoms with Crippen LogP contribution in [0.25, 0.3) is 17.8 Å². The van der Waals surface area contributed by atoms with Gasteiger partial charge in [-0.25, -0.2) is 9.78 Å². The average Bonchev–Trinajstić information content (AvgIpc) is 3.01. The third-order valence-electron chi connectivity index (χ3n) is 3.86. The maximum atomic E-state index is 12.8. The lowest BCUT2D eigenvalue weighted by Crippen LogP contribution is -2.22. The van der Waals surface area contributed by atoms with Gasteiger partial charge in [-0.05, 0) is 49.8 Å². The first-order valence-corrected chi connectivity index (χ1v) is 8.84. The first-order valence-electron chi connectivity index (χ1n) is 8.02. The van der Waals surface area contributed by atoms with E-state index in [2.05, 4.69) is 4.98 Å². The Morgan fingerprint density at radius 1 is 1.28 bits per heavy atom. The van der Waals surface area contributed by atoms with Crippen molar-refractivity contribution in [2.45, 2.75) is 26.7 Å². The van der Waals surface area contributed by atoms with Crippen LogP contribution in [0.15, 0.2) is 35.3 Å².